The quantitative estimate of drug-likeness (QED) is 0.828. The summed E-state index contributed by atoms with van der Waals surface area (Å²) in [6.45, 7) is 17.9. The third kappa shape index (κ3) is 4.42. The number of ether oxygens (including phenoxy) is 1. The third-order valence-electron chi connectivity index (χ3n) is 4.44. The molecule has 112 valence electrons. The predicted octanol–water partition coefficient (Wildman–Crippen LogP) is 1.03. The first-order valence-corrected chi connectivity index (χ1v) is 7.78. The smallest absolute Gasteiger partial charge is 0.0829 e. The first-order chi connectivity index (χ1) is 8.99. The molecule has 0 aromatic rings. The van der Waals surface area contributed by atoms with E-state index < -0.39 is 0 Å². The fourth-order valence-corrected chi connectivity index (χ4v) is 3.02. The van der Waals surface area contributed by atoms with E-state index in [-0.39, 0.29) is 0 Å². The molecule has 2 aliphatic heterocycles. The van der Waals surface area contributed by atoms with Crippen LogP contribution < -0.4 is 5.32 Å². The zero-order chi connectivity index (χ0) is 13.9. The topological polar surface area (TPSA) is 27.7 Å². The molecule has 0 amide bonds. The van der Waals surface area contributed by atoms with Gasteiger partial charge in [-0.2, -0.15) is 0 Å². The molecule has 2 rings (SSSR count). The molecule has 0 bridgehead atoms. The van der Waals surface area contributed by atoms with Gasteiger partial charge in [-0.3, -0.25) is 9.80 Å². The highest BCUT2D eigenvalue weighted by Gasteiger charge is 2.31. The summed E-state index contributed by atoms with van der Waals surface area (Å²) in [6.07, 6.45) is 0.396. The molecular formula is C15H31N3O. The minimum absolute atomic E-state index is 0.335. The monoisotopic (exact) mass is 269 g/mol. The van der Waals surface area contributed by atoms with Crippen molar-refractivity contribution >= 4 is 0 Å². The van der Waals surface area contributed by atoms with Crippen LogP contribution in [-0.2, 0) is 4.74 Å². The number of nitrogens with one attached hydrogen (secondary N) is 1. The first kappa shape index (κ1) is 15.2. The summed E-state index contributed by atoms with van der Waals surface area (Å²) in [5.74, 6) is 0. The molecule has 0 aromatic heterocycles. The molecule has 4 nitrogen and oxygen atoms in total. The van der Waals surface area contributed by atoms with Gasteiger partial charge in [0.25, 0.3) is 0 Å². The zero-order valence-corrected chi connectivity index (χ0v) is 13.1. The second-order valence-corrected chi connectivity index (χ2v) is 7.02. The minimum atomic E-state index is 0.335. The van der Waals surface area contributed by atoms with E-state index in [1.807, 2.05) is 0 Å². The van der Waals surface area contributed by atoms with Crippen LogP contribution >= 0.6 is 0 Å². The molecule has 2 unspecified atom stereocenters. The molecule has 2 atom stereocenters. The molecule has 2 aliphatic rings. The van der Waals surface area contributed by atoms with Crippen LogP contribution in [0.2, 0.25) is 0 Å². The molecule has 2 heterocycles. The van der Waals surface area contributed by atoms with Gasteiger partial charge >= 0.3 is 0 Å². The lowest BCUT2D eigenvalue weighted by Gasteiger charge is -2.42. The Hall–Kier alpha value is -0.160. The van der Waals surface area contributed by atoms with Crippen molar-refractivity contribution in [2.24, 2.45) is 5.41 Å². The Labute approximate surface area is 118 Å². The van der Waals surface area contributed by atoms with Crippen molar-refractivity contribution in [2.75, 3.05) is 52.4 Å². The highest BCUT2D eigenvalue weighted by atomic mass is 16.5. The highest BCUT2D eigenvalue weighted by Crippen LogP contribution is 2.22. The van der Waals surface area contributed by atoms with Gasteiger partial charge in [0.05, 0.1) is 12.7 Å². The minimum Gasteiger partial charge on any atom is -0.374 e. The average molecular weight is 269 g/mol. The van der Waals surface area contributed by atoms with Crippen molar-refractivity contribution in [1.29, 1.82) is 0 Å². The lowest BCUT2D eigenvalue weighted by Crippen LogP contribution is -2.58. The summed E-state index contributed by atoms with van der Waals surface area (Å²) >= 11 is 0. The zero-order valence-electron chi connectivity index (χ0n) is 13.1. The van der Waals surface area contributed by atoms with Gasteiger partial charge in [0.2, 0.25) is 0 Å². The van der Waals surface area contributed by atoms with Crippen LogP contribution in [0.4, 0.5) is 0 Å². The van der Waals surface area contributed by atoms with Crippen LogP contribution in [0.3, 0.4) is 0 Å². The van der Waals surface area contributed by atoms with Gasteiger partial charge in [0.1, 0.15) is 0 Å². The van der Waals surface area contributed by atoms with E-state index in [9.17, 15) is 0 Å². The van der Waals surface area contributed by atoms with Crippen LogP contribution in [-0.4, -0.2) is 74.4 Å². The summed E-state index contributed by atoms with van der Waals surface area (Å²) < 4.78 is 5.93. The largest absolute Gasteiger partial charge is 0.374 e. The van der Waals surface area contributed by atoms with Gasteiger partial charge in [0.15, 0.2) is 0 Å². The van der Waals surface area contributed by atoms with Gasteiger partial charge in [-0.05, 0) is 12.0 Å². The lowest BCUT2D eigenvalue weighted by molar-refractivity contribution is -0.0467. The van der Waals surface area contributed by atoms with Crippen LogP contribution in [0.5, 0.6) is 0 Å². The second kappa shape index (κ2) is 6.53. The van der Waals surface area contributed by atoms with Crippen molar-refractivity contribution < 1.29 is 4.74 Å². The van der Waals surface area contributed by atoms with Crippen molar-refractivity contribution in [2.45, 2.75) is 39.8 Å². The van der Waals surface area contributed by atoms with Crippen molar-refractivity contribution in [3.63, 3.8) is 0 Å². The van der Waals surface area contributed by atoms with Crippen LogP contribution in [0.25, 0.3) is 0 Å². The Morgan fingerprint density at radius 1 is 1.16 bits per heavy atom. The van der Waals surface area contributed by atoms with E-state index in [1.54, 1.807) is 0 Å². The molecule has 19 heavy (non-hydrogen) atoms. The first-order valence-electron chi connectivity index (χ1n) is 7.78. The summed E-state index contributed by atoms with van der Waals surface area (Å²) in [6, 6.07) is 0.590. The number of rotatable bonds is 3. The maximum absolute atomic E-state index is 5.93. The molecular weight excluding hydrogens is 238 g/mol. The highest BCUT2D eigenvalue weighted by molar-refractivity contribution is 4.88. The van der Waals surface area contributed by atoms with E-state index in [1.165, 1.54) is 0 Å². The number of hydrogen-bond donors (Lipinski definition) is 1. The SMILES string of the molecule is CCN1CCOC(CN2CCNC(C(C)(C)C)C2)C1. The van der Waals surface area contributed by atoms with E-state index in [4.69, 9.17) is 4.74 Å². The Morgan fingerprint density at radius 3 is 2.63 bits per heavy atom. The summed E-state index contributed by atoms with van der Waals surface area (Å²) in [7, 11) is 0. The fourth-order valence-electron chi connectivity index (χ4n) is 3.02. The molecule has 4 heteroatoms. The number of likely N-dealkylation sites (N-methyl/N-ethyl adjacent to an activating group) is 1. The van der Waals surface area contributed by atoms with Crippen molar-refractivity contribution in [3.05, 3.63) is 0 Å². The summed E-state index contributed by atoms with van der Waals surface area (Å²) in [4.78, 5) is 5.08. The Morgan fingerprint density at radius 2 is 1.95 bits per heavy atom. The second-order valence-electron chi connectivity index (χ2n) is 7.02. The molecule has 0 aromatic carbocycles. The van der Waals surface area contributed by atoms with Gasteiger partial charge in [0, 0.05) is 45.3 Å². The standard InChI is InChI=1S/C15H31N3O/c1-5-17-8-9-19-13(10-17)11-18-7-6-16-14(12-18)15(2,3)4/h13-14,16H,5-12H2,1-4H3. The fraction of sp³-hybridized carbons (Fsp3) is 1.00. The average Bonchev–Trinajstić information content (AvgIpc) is 2.38. The van der Waals surface area contributed by atoms with Gasteiger partial charge in [-0.25, -0.2) is 0 Å². The molecule has 0 aliphatic carbocycles. The molecule has 0 saturated carbocycles. The predicted molar refractivity (Wildman–Crippen MR) is 79.5 cm³/mol. The van der Waals surface area contributed by atoms with Gasteiger partial charge in [-0.1, -0.05) is 27.7 Å². The maximum Gasteiger partial charge on any atom is 0.0829 e. The Balaban J connectivity index is 1.82. The normalized spacial score (nSPS) is 31.6. The Kier molecular flexibility index (Phi) is 5.23. The van der Waals surface area contributed by atoms with E-state index in [2.05, 4.69) is 42.8 Å². The number of piperazine rings is 1. The number of hydrogen-bond acceptors (Lipinski definition) is 4. The van der Waals surface area contributed by atoms with Crippen LogP contribution in [0.1, 0.15) is 27.7 Å². The molecule has 0 radical (unpaired) electrons. The summed E-state index contributed by atoms with van der Waals surface area (Å²) in [5.41, 5.74) is 0.335. The van der Waals surface area contributed by atoms with Crippen LogP contribution in [0.15, 0.2) is 0 Å². The number of nitrogens with zero attached hydrogens (tertiary/aromatic N) is 2. The number of morpholine rings is 1. The molecule has 2 fully saturated rings. The Bertz CT molecular complexity index is 277. The molecule has 0 spiro atoms. The van der Waals surface area contributed by atoms with E-state index >= 15 is 0 Å². The molecule has 1 N–H and O–H groups in total. The van der Waals surface area contributed by atoms with E-state index in [0.29, 0.717) is 17.6 Å². The summed E-state index contributed by atoms with van der Waals surface area (Å²) in [5, 5.41) is 3.65. The third-order valence-corrected chi connectivity index (χ3v) is 4.44. The van der Waals surface area contributed by atoms with Crippen molar-refractivity contribution in [3.8, 4) is 0 Å². The maximum atomic E-state index is 5.93. The van der Waals surface area contributed by atoms with Crippen molar-refractivity contribution in [1.82, 2.24) is 15.1 Å². The lowest BCUT2D eigenvalue weighted by atomic mass is 9.85. The molecule has 2 saturated heterocycles. The van der Waals surface area contributed by atoms with Crippen LogP contribution in [0, 0.1) is 5.41 Å². The van der Waals surface area contributed by atoms with Gasteiger partial charge < -0.3 is 10.1 Å². The van der Waals surface area contributed by atoms with E-state index in [0.717, 1.165) is 52.4 Å². The van der Waals surface area contributed by atoms with Gasteiger partial charge in [-0.15, -0.1) is 0 Å².